The average Bonchev–Trinajstić information content (AvgIpc) is 2.29. The van der Waals surface area contributed by atoms with Crippen LogP contribution in [0.2, 0.25) is 0 Å². The number of hydrogen-bond donors (Lipinski definition) is 1. The van der Waals surface area contributed by atoms with E-state index in [2.05, 4.69) is 44.8 Å². The van der Waals surface area contributed by atoms with Crippen LogP contribution in [0.5, 0.6) is 0 Å². The molecule has 0 radical (unpaired) electrons. The van der Waals surface area contributed by atoms with Crippen LogP contribution in [0.3, 0.4) is 0 Å². The van der Waals surface area contributed by atoms with Gasteiger partial charge in [-0.3, -0.25) is 0 Å². The molecule has 0 atom stereocenters. The lowest BCUT2D eigenvalue weighted by Crippen LogP contribution is -2.45. The Kier molecular flexibility index (Phi) is 5.94. The highest BCUT2D eigenvalue weighted by molar-refractivity contribution is 4.80. The lowest BCUT2D eigenvalue weighted by molar-refractivity contribution is 0.122. The third kappa shape index (κ3) is 5.39. The molecule has 0 bridgehead atoms. The van der Waals surface area contributed by atoms with Crippen molar-refractivity contribution in [2.24, 2.45) is 5.92 Å². The maximum atomic E-state index is 3.65. The molecule has 0 aliphatic carbocycles. The third-order valence-electron chi connectivity index (χ3n) is 4.03. The zero-order valence-corrected chi connectivity index (χ0v) is 12.6. The van der Waals surface area contributed by atoms with Crippen molar-refractivity contribution < 1.29 is 0 Å². The topological polar surface area (TPSA) is 15.3 Å². The number of piperidine rings is 1. The molecule has 1 saturated heterocycles. The fourth-order valence-electron chi connectivity index (χ4n) is 2.78. The van der Waals surface area contributed by atoms with E-state index in [1.807, 2.05) is 0 Å². The fourth-order valence-corrected chi connectivity index (χ4v) is 2.78. The normalized spacial score (nSPS) is 20.1. The van der Waals surface area contributed by atoms with E-state index in [-0.39, 0.29) is 5.54 Å². The Morgan fingerprint density at radius 2 is 1.65 bits per heavy atom. The van der Waals surface area contributed by atoms with Gasteiger partial charge in [-0.25, -0.2) is 0 Å². The zero-order chi connectivity index (χ0) is 12.9. The molecule has 1 fully saturated rings. The standard InChI is InChI=1S/C15H32N2/c1-6-14(7-2)17-10-8-13(9-11-17)12-16-15(3,4)5/h13-14,16H,6-12H2,1-5H3. The summed E-state index contributed by atoms with van der Waals surface area (Å²) in [7, 11) is 0. The molecule has 2 heteroatoms. The predicted octanol–water partition coefficient (Wildman–Crippen LogP) is 3.28. The second-order valence-electron chi connectivity index (χ2n) is 6.58. The van der Waals surface area contributed by atoms with Gasteiger partial charge in [-0.05, 0) is 72.0 Å². The molecule has 1 aliphatic heterocycles. The minimum absolute atomic E-state index is 0.270. The van der Waals surface area contributed by atoms with Crippen LogP contribution < -0.4 is 5.32 Å². The summed E-state index contributed by atoms with van der Waals surface area (Å²) >= 11 is 0. The van der Waals surface area contributed by atoms with Gasteiger partial charge in [0.05, 0.1) is 0 Å². The average molecular weight is 240 g/mol. The van der Waals surface area contributed by atoms with E-state index in [1.165, 1.54) is 45.3 Å². The van der Waals surface area contributed by atoms with Gasteiger partial charge in [-0.2, -0.15) is 0 Å². The van der Waals surface area contributed by atoms with E-state index in [0.29, 0.717) is 0 Å². The number of nitrogens with one attached hydrogen (secondary N) is 1. The van der Waals surface area contributed by atoms with Crippen LogP contribution in [0, 0.1) is 5.92 Å². The van der Waals surface area contributed by atoms with Crippen LogP contribution in [0.15, 0.2) is 0 Å². The number of hydrogen-bond acceptors (Lipinski definition) is 2. The largest absolute Gasteiger partial charge is 0.312 e. The highest BCUT2D eigenvalue weighted by Crippen LogP contribution is 2.21. The molecule has 0 saturated carbocycles. The van der Waals surface area contributed by atoms with Gasteiger partial charge < -0.3 is 10.2 Å². The summed E-state index contributed by atoms with van der Waals surface area (Å²) in [5.74, 6) is 0.889. The van der Waals surface area contributed by atoms with E-state index in [9.17, 15) is 0 Å². The molecule has 1 rings (SSSR count). The summed E-state index contributed by atoms with van der Waals surface area (Å²) in [5, 5.41) is 3.65. The first kappa shape index (κ1) is 15.0. The Balaban J connectivity index is 2.26. The molecule has 0 unspecified atom stereocenters. The van der Waals surface area contributed by atoms with Crippen molar-refractivity contribution in [1.82, 2.24) is 10.2 Å². The highest BCUT2D eigenvalue weighted by atomic mass is 15.2. The molecular formula is C15H32N2. The maximum absolute atomic E-state index is 3.65. The predicted molar refractivity (Wildman–Crippen MR) is 76.4 cm³/mol. The summed E-state index contributed by atoms with van der Waals surface area (Å²) in [4.78, 5) is 2.70. The highest BCUT2D eigenvalue weighted by Gasteiger charge is 2.23. The van der Waals surface area contributed by atoms with Gasteiger partial charge in [0.2, 0.25) is 0 Å². The van der Waals surface area contributed by atoms with Crippen LogP contribution in [0.25, 0.3) is 0 Å². The van der Waals surface area contributed by atoms with Crippen LogP contribution >= 0.6 is 0 Å². The second kappa shape index (κ2) is 6.75. The van der Waals surface area contributed by atoms with Gasteiger partial charge in [-0.15, -0.1) is 0 Å². The van der Waals surface area contributed by atoms with Crippen LogP contribution in [0.1, 0.15) is 60.3 Å². The monoisotopic (exact) mass is 240 g/mol. The van der Waals surface area contributed by atoms with Gasteiger partial charge in [0, 0.05) is 11.6 Å². The number of likely N-dealkylation sites (tertiary alicyclic amines) is 1. The van der Waals surface area contributed by atoms with E-state index < -0.39 is 0 Å². The maximum Gasteiger partial charge on any atom is 0.00966 e. The van der Waals surface area contributed by atoms with E-state index in [0.717, 1.165) is 12.0 Å². The van der Waals surface area contributed by atoms with Crippen molar-refractivity contribution in [1.29, 1.82) is 0 Å². The van der Waals surface area contributed by atoms with Gasteiger partial charge >= 0.3 is 0 Å². The zero-order valence-electron chi connectivity index (χ0n) is 12.6. The van der Waals surface area contributed by atoms with Gasteiger partial charge in [0.15, 0.2) is 0 Å². The summed E-state index contributed by atoms with van der Waals surface area (Å²) in [6.45, 7) is 15.2. The van der Waals surface area contributed by atoms with Crippen LogP contribution in [-0.2, 0) is 0 Å². The van der Waals surface area contributed by atoms with Crippen molar-refractivity contribution in [3.05, 3.63) is 0 Å². The molecule has 0 aromatic carbocycles. The van der Waals surface area contributed by atoms with Gasteiger partial charge in [-0.1, -0.05) is 13.8 Å². The minimum atomic E-state index is 0.270. The van der Waals surface area contributed by atoms with Crippen LogP contribution in [-0.4, -0.2) is 36.1 Å². The first-order chi connectivity index (χ1) is 7.96. The number of nitrogens with zero attached hydrogens (tertiary/aromatic N) is 1. The van der Waals surface area contributed by atoms with Crippen molar-refractivity contribution in [2.45, 2.75) is 71.9 Å². The van der Waals surface area contributed by atoms with Crippen molar-refractivity contribution in [3.8, 4) is 0 Å². The van der Waals surface area contributed by atoms with Gasteiger partial charge in [0.25, 0.3) is 0 Å². The summed E-state index contributed by atoms with van der Waals surface area (Å²) in [6.07, 6.45) is 5.36. The van der Waals surface area contributed by atoms with E-state index >= 15 is 0 Å². The molecule has 17 heavy (non-hydrogen) atoms. The molecular weight excluding hydrogens is 208 g/mol. The molecule has 1 aliphatic rings. The SMILES string of the molecule is CCC(CC)N1CCC(CNC(C)(C)C)CC1. The summed E-state index contributed by atoms with van der Waals surface area (Å²) < 4.78 is 0. The Bertz CT molecular complexity index is 195. The first-order valence-electron chi connectivity index (χ1n) is 7.45. The second-order valence-corrected chi connectivity index (χ2v) is 6.58. The Morgan fingerprint density at radius 1 is 1.12 bits per heavy atom. The van der Waals surface area contributed by atoms with Gasteiger partial charge in [0.1, 0.15) is 0 Å². The third-order valence-corrected chi connectivity index (χ3v) is 4.03. The molecule has 0 aromatic heterocycles. The Hall–Kier alpha value is -0.0800. The molecule has 1 N–H and O–H groups in total. The molecule has 102 valence electrons. The van der Waals surface area contributed by atoms with Crippen LogP contribution in [0.4, 0.5) is 0 Å². The van der Waals surface area contributed by atoms with E-state index in [4.69, 9.17) is 0 Å². The molecule has 0 amide bonds. The molecule has 0 aromatic rings. The number of rotatable bonds is 5. The smallest absolute Gasteiger partial charge is 0.00966 e. The molecule has 1 heterocycles. The fraction of sp³-hybridized carbons (Fsp3) is 1.00. The van der Waals surface area contributed by atoms with Crippen molar-refractivity contribution in [2.75, 3.05) is 19.6 Å². The Labute approximate surface area is 108 Å². The van der Waals surface area contributed by atoms with E-state index in [1.54, 1.807) is 0 Å². The minimum Gasteiger partial charge on any atom is -0.312 e. The van der Waals surface area contributed by atoms with Crippen molar-refractivity contribution >= 4 is 0 Å². The Morgan fingerprint density at radius 3 is 2.06 bits per heavy atom. The molecule has 2 nitrogen and oxygen atoms in total. The lowest BCUT2D eigenvalue weighted by Gasteiger charge is -2.37. The first-order valence-corrected chi connectivity index (χ1v) is 7.45. The van der Waals surface area contributed by atoms with Crippen molar-refractivity contribution in [3.63, 3.8) is 0 Å². The quantitative estimate of drug-likeness (QED) is 0.793. The molecule has 0 spiro atoms. The lowest BCUT2D eigenvalue weighted by atomic mass is 9.94. The summed E-state index contributed by atoms with van der Waals surface area (Å²) in [5.41, 5.74) is 0.270. The summed E-state index contributed by atoms with van der Waals surface area (Å²) in [6, 6.07) is 0.825.